The first-order chi connectivity index (χ1) is 7.43. The lowest BCUT2D eigenvalue weighted by molar-refractivity contribution is -0.118. The van der Waals surface area contributed by atoms with Crippen LogP contribution in [0.3, 0.4) is 0 Å². The Labute approximate surface area is 94.7 Å². The third-order valence-corrected chi connectivity index (χ3v) is 3.29. The maximum Gasteiger partial charge on any atom is 0.237 e. The highest BCUT2D eigenvalue weighted by molar-refractivity contribution is 7.90. The zero-order valence-corrected chi connectivity index (χ0v) is 9.75. The van der Waals surface area contributed by atoms with Gasteiger partial charge in [-0.15, -0.1) is 0 Å². The molecule has 1 amide bonds. The summed E-state index contributed by atoms with van der Waals surface area (Å²) in [7, 11) is -3.47. The van der Waals surface area contributed by atoms with Gasteiger partial charge in [0.15, 0.2) is 0 Å². The zero-order valence-electron chi connectivity index (χ0n) is 8.93. The summed E-state index contributed by atoms with van der Waals surface area (Å²) in [5.41, 5.74) is 6.81. The molecular weight excluding hydrogens is 228 g/mol. The van der Waals surface area contributed by atoms with Crippen molar-refractivity contribution in [2.45, 2.75) is 13.3 Å². The standard InChI is InChI=1S/C10H14N2O3S/c1-2-16(14,15)12-10(13)7-8-3-5-9(11)6-4-8/h3-6H,2,7,11H2,1H3,(H,12,13). The smallest absolute Gasteiger partial charge is 0.237 e. The van der Waals surface area contributed by atoms with E-state index in [0.29, 0.717) is 5.69 Å². The minimum Gasteiger partial charge on any atom is -0.399 e. The lowest BCUT2D eigenvalue weighted by atomic mass is 10.1. The van der Waals surface area contributed by atoms with Crippen LogP contribution in [-0.2, 0) is 21.2 Å². The third-order valence-electron chi connectivity index (χ3n) is 1.99. The number of sulfonamides is 1. The molecule has 0 saturated heterocycles. The van der Waals surface area contributed by atoms with Crippen LogP contribution in [0.4, 0.5) is 5.69 Å². The highest BCUT2D eigenvalue weighted by atomic mass is 32.2. The molecule has 0 saturated carbocycles. The minimum atomic E-state index is -3.47. The average molecular weight is 242 g/mol. The molecule has 88 valence electrons. The molecule has 0 fully saturated rings. The molecule has 0 aliphatic heterocycles. The molecule has 6 heteroatoms. The summed E-state index contributed by atoms with van der Waals surface area (Å²) in [4.78, 5) is 11.4. The normalized spacial score (nSPS) is 11.1. The van der Waals surface area contributed by atoms with E-state index in [1.54, 1.807) is 24.3 Å². The molecule has 0 heterocycles. The Balaban J connectivity index is 2.62. The minimum absolute atomic E-state index is 0.0273. The summed E-state index contributed by atoms with van der Waals surface area (Å²) in [5, 5.41) is 0. The van der Waals surface area contributed by atoms with E-state index in [1.807, 2.05) is 4.72 Å². The lowest BCUT2D eigenvalue weighted by Gasteiger charge is -2.04. The van der Waals surface area contributed by atoms with Gasteiger partial charge in [-0.1, -0.05) is 12.1 Å². The Morgan fingerprint density at radius 1 is 1.31 bits per heavy atom. The SMILES string of the molecule is CCS(=O)(=O)NC(=O)Cc1ccc(N)cc1. The average Bonchev–Trinajstić information content (AvgIpc) is 2.21. The number of carbonyl (C=O) groups excluding carboxylic acids is 1. The molecule has 5 nitrogen and oxygen atoms in total. The first-order valence-electron chi connectivity index (χ1n) is 4.80. The quantitative estimate of drug-likeness (QED) is 0.742. The highest BCUT2D eigenvalue weighted by Crippen LogP contribution is 2.06. The number of anilines is 1. The van der Waals surface area contributed by atoms with Crippen molar-refractivity contribution in [3.8, 4) is 0 Å². The summed E-state index contributed by atoms with van der Waals surface area (Å²) < 4.78 is 24.2. The van der Waals surface area contributed by atoms with Crippen molar-refractivity contribution in [3.05, 3.63) is 29.8 Å². The van der Waals surface area contributed by atoms with Crippen molar-refractivity contribution >= 4 is 21.6 Å². The molecule has 0 aliphatic carbocycles. The van der Waals surface area contributed by atoms with Gasteiger partial charge in [0, 0.05) is 5.69 Å². The largest absolute Gasteiger partial charge is 0.399 e. The van der Waals surface area contributed by atoms with Crippen LogP contribution in [0.2, 0.25) is 0 Å². The van der Waals surface area contributed by atoms with Gasteiger partial charge in [0.1, 0.15) is 0 Å². The molecule has 0 spiro atoms. The van der Waals surface area contributed by atoms with Gasteiger partial charge in [-0.05, 0) is 24.6 Å². The van der Waals surface area contributed by atoms with Gasteiger partial charge in [0.25, 0.3) is 0 Å². The zero-order chi connectivity index (χ0) is 12.2. The molecule has 0 radical (unpaired) electrons. The van der Waals surface area contributed by atoms with E-state index in [1.165, 1.54) is 6.92 Å². The van der Waals surface area contributed by atoms with Gasteiger partial charge in [-0.3, -0.25) is 9.52 Å². The predicted octanol–water partition coefficient (Wildman–Crippen LogP) is 0.277. The van der Waals surface area contributed by atoms with Crippen LogP contribution >= 0.6 is 0 Å². The topological polar surface area (TPSA) is 89.3 Å². The molecule has 0 aromatic heterocycles. The Bertz CT molecular complexity index is 465. The summed E-state index contributed by atoms with van der Waals surface area (Å²) in [6, 6.07) is 6.70. The number of carbonyl (C=O) groups is 1. The third kappa shape index (κ3) is 3.90. The second-order valence-electron chi connectivity index (χ2n) is 3.35. The fraction of sp³-hybridized carbons (Fsp3) is 0.300. The highest BCUT2D eigenvalue weighted by Gasteiger charge is 2.11. The first-order valence-corrected chi connectivity index (χ1v) is 6.46. The number of hydrogen-bond acceptors (Lipinski definition) is 4. The maximum atomic E-state index is 11.4. The van der Waals surface area contributed by atoms with E-state index < -0.39 is 15.9 Å². The Hall–Kier alpha value is -1.56. The van der Waals surface area contributed by atoms with Crippen LogP contribution in [-0.4, -0.2) is 20.1 Å². The second-order valence-corrected chi connectivity index (χ2v) is 5.36. The number of benzene rings is 1. The maximum absolute atomic E-state index is 11.4. The molecule has 0 atom stereocenters. The summed E-state index contributed by atoms with van der Waals surface area (Å²) in [6.07, 6.45) is 0.0273. The van der Waals surface area contributed by atoms with Gasteiger partial charge >= 0.3 is 0 Å². The lowest BCUT2D eigenvalue weighted by Crippen LogP contribution is -2.32. The number of hydrogen-bond donors (Lipinski definition) is 2. The monoisotopic (exact) mass is 242 g/mol. The van der Waals surface area contributed by atoms with Crippen molar-refractivity contribution in [3.63, 3.8) is 0 Å². The van der Waals surface area contributed by atoms with E-state index in [-0.39, 0.29) is 12.2 Å². The van der Waals surface area contributed by atoms with Crippen LogP contribution in [0.5, 0.6) is 0 Å². The van der Waals surface area contributed by atoms with Gasteiger partial charge in [-0.2, -0.15) is 0 Å². The van der Waals surface area contributed by atoms with Gasteiger partial charge in [-0.25, -0.2) is 8.42 Å². The summed E-state index contributed by atoms with van der Waals surface area (Å²) in [5.74, 6) is -0.646. The Morgan fingerprint density at radius 3 is 2.38 bits per heavy atom. The van der Waals surface area contributed by atoms with E-state index in [2.05, 4.69) is 0 Å². The molecule has 3 N–H and O–H groups in total. The van der Waals surface area contributed by atoms with Crippen LogP contribution in [0.1, 0.15) is 12.5 Å². The van der Waals surface area contributed by atoms with Crippen molar-refractivity contribution in [2.24, 2.45) is 0 Å². The van der Waals surface area contributed by atoms with E-state index in [0.717, 1.165) is 5.56 Å². The molecule has 0 unspecified atom stereocenters. The number of rotatable bonds is 4. The van der Waals surface area contributed by atoms with Crippen LogP contribution in [0.15, 0.2) is 24.3 Å². The summed E-state index contributed by atoms with van der Waals surface area (Å²) in [6.45, 7) is 1.47. The van der Waals surface area contributed by atoms with Crippen LogP contribution < -0.4 is 10.5 Å². The fourth-order valence-electron chi connectivity index (χ4n) is 1.10. The molecular formula is C10H14N2O3S. The first kappa shape index (κ1) is 12.5. The fourth-order valence-corrected chi connectivity index (χ4v) is 1.67. The Kier molecular flexibility index (Phi) is 3.89. The number of nitrogens with two attached hydrogens (primary N) is 1. The number of nitrogen functional groups attached to an aromatic ring is 1. The van der Waals surface area contributed by atoms with Crippen molar-refractivity contribution in [1.82, 2.24) is 4.72 Å². The Morgan fingerprint density at radius 2 is 1.88 bits per heavy atom. The second kappa shape index (κ2) is 4.98. The molecule has 16 heavy (non-hydrogen) atoms. The predicted molar refractivity (Wildman–Crippen MR) is 62.2 cm³/mol. The molecule has 0 aliphatic rings. The van der Waals surface area contributed by atoms with Gasteiger partial charge in [0.2, 0.25) is 15.9 Å². The van der Waals surface area contributed by atoms with E-state index >= 15 is 0 Å². The van der Waals surface area contributed by atoms with E-state index in [4.69, 9.17) is 5.73 Å². The molecule has 1 aromatic carbocycles. The van der Waals surface area contributed by atoms with Crippen LogP contribution in [0, 0.1) is 0 Å². The number of nitrogens with one attached hydrogen (secondary N) is 1. The molecule has 0 bridgehead atoms. The number of amides is 1. The van der Waals surface area contributed by atoms with Crippen molar-refractivity contribution in [2.75, 3.05) is 11.5 Å². The van der Waals surface area contributed by atoms with Crippen molar-refractivity contribution < 1.29 is 13.2 Å². The van der Waals surface area contributed by atoms with Gasteiger partial charge in [0.05, 0.1) is 12.2 Å². The summed E-state index contributed by atoms with van der Waals surface area (Å²) >= 11 is 0. The molecule has 1 aromatic rings. The molecule has 1 rings (SSSR count). The van der Waals surface area contributed by atoms with Gasteiger partial charge < -0.3 is 5.73 Å². The van der Waals surface area contributed by atoms with Crippen molar-refractivity contribution in [1.29, 1.82) is 0 Å². The van der Waals surface area contributed by atoms with E-state index in [9.17, 15) is 13.2 Å². The van der Waals surface area contributed by atoms with Crippen LogP contribution in [0.25, 0.3) is 0 Å².